The van der Waals surface area contributed by atoms with Gasteiger partial charge in [0.1, 0.15) is 5.75 Å². The molecule has 0 radical (unpaired) electrons. The van der Waals surface area contributed by atoms with Crippen LogP contribution in [0.4, 0.5) is 5.69 Å². The number of fused-ring (bicyclic) bond motifs is 1. The Morgan fingerprint density at radius 1 is 1.19 bits per heavy atom. The van der Waals surface area contributed by atoms with E-state index in [0.717, 1.165) is 27.6 Å². The molecule has 26 heavy (non-hydrogen) atoms. The van der Waals surface area contributed by atoms with Crippen molar-refractivity contribution in [3.05, 3.63) is 59.7 Å². The molecule has 0 bridgehead atoms. The highest BCUT2D eigenvalue weighted by molar-refractivity contribution is 7.89. The number of rotatable bonds is 5. The van der Waals surface area contributed by atoms with Gasteiger partial charge in [-0.05, 0) is 47.5 Å². The molecule has 1 amide bonds. The Morgan fingerprint density at radius 2 is 2.00 bits per heavy atom. The van der Waals surface area contributed by atoms with Crippen molar-refractivity contribution in [1.29, 1.82) is 0 Å². The van der Waals surface area contributed by atoms with E-state index < -0.39 is 10.0 Å². The molecule has 6 nitrogen and oxygen atoms in total. The molecule has 3 rings (SSSR count). The van der Waals surface area contributed by atoms with Gasteiger partial charge >= 0.3 is 0 Å². The summed E-state index contributed by atoms with van der Waals surface area (Å²) in [5.41, 5.74) is 2.47. The summed E-state index contributed by atoms with van der Waals surface area (Å²) in [4.78, 5) is 12.3. The lowest BCUT2D eigenvalue weighted by molar-refractivity contribution is -0.111. The number of hydrogen-bond acceptors (Lipinski definition) is 4. The van der Waals surface area contributed by atoms with Crippen LogP contribution in [-0.2, 0) is 21.2 Å². The van der Waals surface area contributed by atoms with Crippen molar-refractivity contribution in [2.75, 3.05) is 26.0 Å². The fraction of sp³-hybridized carbons (Fsp3) is 0.211. The number of carbonyl (C=O) groups excluding carboxylic acids is 1. The monoisotopic (exact) mass is 372 g/mol. The van der Waals surface area contributed by atoms with Crippen LogP contribution in [-0.4, -0.2) is 39.3 Å². The minimum atomic E-state index is -3.54. The number of nitrogens with zero attached hydrogens (tertiary/aromatic N) is 1. The Hall–Kier alpha value is -2.64. The standard InChI is InChI=1S/C19H20N2O4S/c1-21(2)26(23,24)17-5-3-4-16(13-17)20-19(22)9-7-14-6-8-18-15(12-14)10-11-25-18/h3-9,12-13H,10-11H2,1-2H3,(H,20,22). The average Bonchev–Trinajstić information content (AvgIpc) is 3.08. The number of nitrogens with one attached hydrogen (secondary N) is 1. The fourth-order valence-corrected chi connectivity index (χ4v) is 3.56. The number of carbonyl (C=O) groups is 1. The Kier molecular flexibility index (Phi) is 5.11. The predicted octanol–water partition coefficient (Wildman–Crippen LogP) is 2.52. The van der Waals surface area contributed by atoms with Crippen LogP contribution in [0.25, 0.3) is 6.08 Å². The van der Waals surface area contributed by atoms with E-state index in [0.29, 0.717) is 12.3 Å². The minimum absolute atomic E-state index is 0.128. The van der Waals surface area contributed by atoms with Gasteiger partial charge in [-0.25, -0.2) is 12.7 Å². The lowest BCUT2D eigenvalue weighted by Gasteiger charge is -2.12. The molecule has 0 aromatic heterocycles. The van der Waals surface area contributed by atoms with Crippen LogP contribution in [0.15, 0.2) is 53.4 Å². The maximum atomic E-state index is 12.2. The summed E-state index contributed by atoms with van der Waals surface area (Å²) in [6.07, 6.45) is 4.01. The van der Waals surface area contributed by atoms with E-state index in [9.17, 15) is 13.2 Å². The van der Waals surface area contributed by atoms with Crippen LogP contribution < -0.4 is 10.1 Å². The molecule has 1 aliphatic rings. The van der Waals surface area contributed by atoms with Gasteiger partial charge < -0.3 is 10.1 Å². The molecule has 136 valence electrons. The summed E-state index contributed by atoms with van der Waals surface area (Å²) in [6.45, 7) is 0.690. The van der Waals surface area contributed by atoms with Crippen molar-refractivity contribution in [1.82, 2.24) is 4.31 Å². The molecule has 0 fully saturated rings. The van der Waals surface area contributed by atoms with Gasteiger partial charge in [-0.1, -0.05) is 12.1 Å². The topological polar surface area (TPSA) is 75.7 Å². The van der Waals surface area contributed by atoms with Gasteiger partial charge in [-0.3, -0.25) is 4.79 Å². The predicted molar refractivity (Wildman–Crippen MR) is 101 cm³/mol. The molecule has 0 spiro atoms. The quantitative estimate of drug-likeness (QED) is 0.819. The first-order valence-electron chi connectivity index (χ1n) is 8.14. The normalized spacial score (nSPS) is 13.7. The molecule has 1 heterocycles. The van der Waals surface area contributed by atoms with Crippen LogP contribution in [0, 0.1) is 0 Å². The maximum absolute atomic E-state index is 12.2. The highest BCUT2D eigenvalue weighted by atomic mass is 32.2. The van der Waals surface area contributed by atoms with Crippen LogP contribution in [0.2, 0.25) is 0 Å². The molecule has 0 saturated heterocycles. The molecule has 7 heteroatoms. The second-order valence-electron chi connectivity index (χ2n) is 6.10. The van der Waals surface area contributed by atoms with E-state index in [1.807, 2.05) is 18.2 Å². The van der Waals surface area contributed by atoms with Gasteiger partial charge in [0.05, 0.1) is 11.5 Å². The van der Waals surface area contributed by atoms with Gasteiger partial charge in [0.2, 0.25) is 15.9 Å². The summed E-state index contributed by atoms with van der Waals surface area (Å²) >= 11 is 0. The summed E-state index contributed by atoms with van der Waals surface area (Å²) in [5.74, 6) is 0.562. The van der Waals surface area contributed by atoms with E-state index in [1.165, 1.54) is 32.3 Å². The molecular weight excluding hydrogens is 352 g/mol. The van der Waals surface area contributed by atoms with E-state index in [-0.39, 0.29) is 10.8 Å². The third kappa shape index (κ3) is 3.95. The van der Waals surface area contributed by atoms with Crippen LogP contribution >= 0.6 is 0 Å². The van der Waals surface area contributed by atoms with Crippen LogP contribution in [0.5, 0.6) is 5.75 Å². The minimum Gasteiger partial charge on any atom is -0.493 e. The number of sulfonamides is 1. The zero-order valence-corrected chi connectivity index (χ0v) is 15.4. The Morgan fingerprint density at radius 3 is 2.77 bits per heavy atom. The van der Waals surface area contributed by atoms with Crippen molar-refractivity contribution in [3.8, 4) is 5.75 Å². The highest BCUT2D eigenvalue weighted by Crippen LogP contribution is 2.26. The van der Waals surface area contributed by atoms with Gasteiger partial charge in [0.25, 0.3) is 0 Å². The fourth-order valence-electron chi connectivity index (χ4n) is 2.61. The molecule has 1 N–H and O–H groups in total. The maximum Gasteiger partial charge on any atom is 0.248 e. The number of hydrogen-bond donors (Lipinski definition) is 1. The van der Waals surface area contributed by atoms with Crippen LogP contribution in [0.3, 0.4) is 0 Å². The van der Waals surface area contributed by atoms with Crippen molar-refractivity contribution >= 4 is 27.7 Å². The van der Waals surface area contributed by atoms with Gasteiger partial charge in [0.15, 0.2) is 0 Å². The highest BCUT2D eigenvalue weighted by Gasteiger charge is 2.17. The zero-order valence-electron chi connectivity index (χ0n) is 14.6. The van der Waals surface area contributed by atoms with Gasteiger partial charge in [0, 0.05) is 32.3 Å². The number of ether oxygens (including phenoxy) is 1. The summed E-state index contributed by atoms with van der Waals surface area (Å²) in [7, 11) is -0.618. The summed E-state index contributed by atoms with van der Waals surface area (Å²) < 4.78 is 30.9. The Bertz CT molecular complexity index is 965. The number of amides is 1. The average molecular weight is 372 g/mol. The third-order valence-corrected chi connectivity index (χ3v) is 5.83. The van der Waals surface area contributed by atoms with Crippen LogP contribution in [0.1, 0.15) is 11.1 Å². The summed E-state index contributed by atoms with van der Waals surface area (Å²) in [5, 5.41) is 2.68. The molecule has 1 aliphatic heterocycles. The molecular formula is C19H20N2O4S. The number of benzene rings is 2. The molecule has 2 aromatic carbocycles. The van der Waals surface area contributed by atoms with E-state index >= 15 is 0 Å². The first kappa shape index (κ1) is 18.2. The zero-order chi connectivity index (χ0) is 18.7. The first-order chi connectivity index (χ1) is 12.4. The second kappa shape index (κ2) is 7.31. The lowest BCUT2D eigenvalue weighted by atomic mass is 10.1. The molecule has 0 saturated carbocycles. The summed E-state index contributed by atoms with van der Waals surface area (Å²) in [6, 6.07) is 12.0. The van der Waals surface area contributed by atoms with Gasteiger partial charge in [-0.15, -0.1) is 0 Å². The van der Waals surface area contributed by atoms with Gasteiger partial charge in [-0.2, -0.15) is 0 Å². The SMILES string of the molecule is CN(C)S(=O)(=O)c1cccc(NC(=O)C=Cc2ccc3c(c2)CCO3)c1. The lowest BCUT2D eigenvalue weighted by Crippen LogP contribution is -2.22. The largest absolute Gasteiger partial charge is 0.493 e. The second-order valence-corrected chi connectivity index (χ2v) is 8.26. The van der Waals surface area contributed by atoms with Crippen molar-refractivity contribution in [2.24, 2.45) is 0 Å². The van der Waals surface area contributed by atoms with E-state index in [4.69, 9.17) is 4.74 Å². The van der Waals surface area contributed by atoms with E-state index in [2.05, 4.69) is 5.32 Å². The van der Waals surface area contributed by atoms with Crippen molar-refractivity contribution in [2.45, 2.75) is 11.3 Å². The molecule has 0 aliphatic carbocycles. The van der Waals surface area contributed by atoms with E-state index in [1.54, 1.807) is 18.2 Å². The number of anilines is 1. The molecule has 0 unspecified atom stereocenters. The smallest absolute Gasteiger partial charge is 0.248 e. The first-order valence-corrected chi connectivity index (χ1v) is 9.58. The Balaban J connectivity index is 1.70. The van der Waals surface area contributed by atoms with Crippen molar-refractivity contribution < 1.29 is 17.9 Å². The molecule has 2 aromatic rings. The van der Waals surface area contributed by atoms with Crippen molar-refractivity contribution in [3.63, 3.8) is 0 Å². The molecule has 0 atom stereocenters. The Labute approximate surface area is 153 Å². The third-order valence-electron chi connectivity index (χ3n) is 4.02.